The molecule has 94 valence electrons. The molecule has 18 heavy (non-hydrogen) atoms. The predicted octanol–water partition coefficient (Wildman–Crippen LogP) is 2.50. The molecular weight excluding hydrogens is 228 g/mol. The van der Waals surface area contributed by atoms with Gasteiger partial charge in [-0.1, -0.05) is 30.3 Å². The average molecular weight is 244 g/mol. The molecule has 1 aromatic carbocycles. The molecule has 0 unspecified atom stereocenters. The summed E-state index contributed by atoms with van der Waals surface area (Å²) in [6, 6.07) is 10.0. The van der Waals surface area contributed by atoms with Gasteiger partial charge in [-0.05, 0) is 19.4 Å². The Morgan fingerprint density at radius 1 is 1.33 bits per heavy atom. The van der Waals surface area contributed by atoms with Crippen molar-refractivity contribution in [1.82, 2.24) is 9.78 Å². The van der Waals surface area contributed by atoms with Crippen LogP contribution in [-0.2, 0) is 13.0 Å². The summed E-state index contributed by atoms with van der Waals surface area (Å²) in [5.74, 6) is -0.964. The minimum absolute atomic E-state index is 0.155. The fraction of sp³-hybridized carbons (Fsp3) is 0.286. The Kier molecular flexibility index (Phi) is 3.46. The summed E-state index contributed by atoms with van der Waals surface area (Å²) in [7, 11) is 0. The maximum absolute atomic E-state index is 11.1. The molecule has 0 aliphatic rings. The third-order valence-corrected chi connectivity index (χ3v) is 3.04. The van der Waals surface area contributed by atoms with Crippen molar-refractivity contribution in [3.8, 4) is 0 Å². The maximum Gasteiger partial charge on any atom is 0.356 e. The van der Waals surface area contributed by atoms with Gasteiger partial charge < -0.3 is 5.11 Å². The molecular formula is C14H16N2O2. The summed E-state index contributed by atoms with van der Waals surface area (Å²) >= 11 is 0. The minimum Gasteiger partial charge on any atom is -0.476 e. The summed E-state index contributed by atoms with van der Waals surface area (Å²) in [6.45, 7) is 4.46. The Morgan fingerprint density at radius 2 is 2.00 bits per heavy atom. The highest BCUT2D eigenvalue weighted by Crippen LogP contribution is 2.17. The molecule has 0 aliphatic heterocycles. The largest absolute Gasteiger partial charge is 0.476 e. The molecule has 4 heteroatoms. The summed E-state index contributed by atoms with van der Waals surface area (Å²) in [6.07, 6.45) is 0.709. The van der Waals surface area contributed by atoms with Crippen LogP contribution in [0.3, 0.4) is 0 Å². The lowest BCUT2D eigenvalue weighted by Crippen LogP contribution is -2.04. The third kappa shape index (κ3) is 2.27. The molecule has 2 aromatic rings. The van der Waals surface area contributed by atoms with Crippen LogP contribution in [-0.4, -0.2) is 20.9 Å². The zero-order valence-electron chi connectivity index (χ0n) is 10.6. The van der Waals surface area contributed by atoms with Crippen molar-refractivity contribution in [2.24, 2.45) is 0 Å². The number of hydrogen-bond acceptors (Lipinski definition) is 2. The summed E-state index contributed by atoms with van der Waals surface area (Å²) < 4.78 is 1.77. The lowest BCUT2D eigenvalue weighted by atomic mass is 10.1. The molecule has 0 saturated heterocycles. The molecule has 1 heterocycles. The SMILES string of the molecule is CCn1nc(C(=O)O)c(C)c1Cc1ccccc1. The van der Waals surface area contributed by atoms with Gasteiger partial charge in [-0.15, -0.1) is 0 Å². The number of aromatic carboxylic acids is 1. The summed E-state index contributed by atoms with van der Waals surface area (Å²) in [5, 5.41) is 13.2. The van der Waals surface area contributed by atoms with E-state index in [0.717, 1.165) is 16.8 Å². The van der Waals surface area contributed by atoms with Gasteiger partial charge in [0.05, 0.1) is 0 Å². The predicted molar refractivity (Wildman–Crippen MR) is 68.8 cm³/mol. The highest BCUT2D eigenvalue weighted by atomic mass is 16.4. The monoisotopic (exact) mass is 244 g/mol. The van der Waals surface area contributed by atoms with Gasteiger partial charge in [-0.2, -0.15) is 5.10 Å². The third-order valence-electron chi connectivity index (χ3n) is 3.04. The number of carboxylic acids is 1. The second-order valence-electron chi connectivity index (χ2n) is 4.20. The number of aryl methyl sites for hydroxylation is 1. The maximum atomic E-state index is 11.1. The van der Waals surface area contributed by atoms with Gasteiger partial charge in [-0.25, -0.2) is 4.79 Å². The van der Waals surface area contributed by atoms with E-state index in [9.17, 15) is 4.79 Å². The first kappa shape index (κ1) is 12.4. The van der Waals surface area contributed by atoms with Crippen molar-refractivity contribution < 1.29 is 9.90 Å². The highest BCUT2D eigenvalue weighted by molar-refractivity contribution is 5.87. The van der Waals surface area contributed by atoms with Crippen molar-refractivity contribution in [3.63, 3.8) is 0 Å². The number of benzene rings is 1. The zero-order valence-corrected chi connectivity index (χ0v) is 10.6. The van der Waals surface area contributed by atoms with Crippen molar-refractivity contribution in [1.29, 1.82) is 0 Å². The van der Waals surface area contributed by atoms with Crippen LogP contribution >= 0.6 is 0 Å². The molecule has 0 amide bonds. The first-order valence-corrected chi connectivity index (χ1v) is 5.97. The number of carboxylic acid groups (broad SMARTS) is 1. The van der Waals surface area contributed by atoms with Crippen molar-refractivity contribution in [2.75, 3.05) is 0 Å². The van der Waals surface area contributed by atoms with Gasteiger partial charge in [0.2, 0.25) is 0 Å². The van der Waals surface area contributed by atoms with Crippen molar-refractivity contribution in [3.05, 3.63) is 52.8 Å². The average Bonchev–Trinajstić information content (AvgIpc) is 2.68. The van der Waals surface area contributed by atoms with Gasteiger partial charge in [0.25, 0.3) is 0 Å². The standard InChI is InChI=1S/C14H16N2O2/c1-3-16-12(9-11-7-5-4-6-8-11)10(2)13(15-16)14(17)18/h4-8H,3,9H2,1-2H3,(H,17,18). The van der Waals surface area contributed by atoms with Gasteiger partial charge >= 0.3 is 5.97 Å². The summed E-state index contributed by atoms with van der Waals surface area (Å²) in [4.78, 5) is 11.1. The molecule has 1 N–H and O–H groups in total. The van der Waals surface area contributed by atoms with E-state index in [0.29, 0.717) is 13.0 Å². The van der Waals surface area contributed by atoms with E-state index in [1.807, 2.05) is 44.2 Å². The van der Waals surface area contributed by atoms with Crippen molar-refractivity contribution in [2.45, 2.75) is 26.8 Å². The number of carbonyl (C=O) groups is 1. The molecule has 1 aromatic heterocycles. The zero-order chi connectivity index (χ0) is 13.1. The van der Waals surface area contributed by atoms with Gasteiger partial charge in [-0.3, -0.25) is 4.68 Å². The van der Waals surface area contributed by atoms with E-state index < -0.39 is 5.97 Å². The van der Waals surface area contributed by atoms with E-state index in [1.54, 1.807) is 4.68 Å². The van der Waals surface area contributed by atoms with Crippen LogP contribution in [0.15, 0.2) is 30.3 Å². The van der Waals surface area contributed by atoms with Crippen LogP contribution < -0.4 is 0 Å². The molecule has 2 rings (SSSR count). The second kappa shape index (κ2) is 5.04. The molecule has 4 nitrogen and oxygen atoms in total. The number of nitrogens with zero attached hydrogens (tertiary/aromatic N) is 2. The van der Waals surface area contributed by atoms with E-state index in [4.69, 9.17) is 5.11 Å². The van der Waals surface area contributed by atoms with E-state index in [1.165, 1.54) is 0 Å². The summed E-state index contributed by atoms with van der Waals surface area (Å²) in [5.41, 5.74) is 3.05. The fourth-order valence-corrected chi connectivity index (χ4v) is 2.06. The lowest BCUT2D eigenvalue weighted by Gasteiger charge is -2.06. The van der Waals surface area contributed by atoms with E-state index in [2.05, 4.69) is 5.10 Å². The second-order valence-corrected chi connectivity index (χ2v) is 4.20. The Bertz CT molecular complexity index is 559. The van der Waals surface area contributed by atoms with Crippen LogP contribution in [0.2, 0.25) is 0 Å². The van der Waals surface area contributed by atoms with E-state index in [-0.39, 0.29) is 5.69 Å². The van der Waals surface area contributed by atoms with Gasteiger partial charge in [0, 0.05) is 24.2 Å². The number of hydrogen-bond donors (Lipinski definition) is 1. The molecule has 0 aliphatic carbocycles. The Hall–Kier alpha value is -2.10. The molecule has 0 bridgehead atoms. The van der Waals surface area contributed by atoms with Crippen LogP contribution in [0.5, 0.6) is 0 Å². The quantitative estimate of drug-likeness (QED) is 0.899. The van der Waals surface area contributed by atoms with Crippen LogP contribution in [0.1, 0.15) is 34.2 Å². The van der Waals surface area contributed by atoms with Crippen LogP contribution in [0.4, 0.5) is 0 Å². The topological polar surface area (TPSA) is 55.1 Å². The Labute approximate surface area is 106 Å². The van der Waals surface area contributed by atoms with Gasteiger partial charge in [0.15, 0.2) is 5.69 Å². The smallest absolute Gasteiger partial charge is 0.356 e. The lowest BCUT2D eigenvalue weighted by molar-refractivity contribution is 0.0688. The number of aromatic nitrogens is 2. The minimum atomic E-state index is -0.964. The first-order chi connectivity index (χ1) is 8.63. The molecule has 0 spiro atoms. The molecule has 0 fully saturated rings. The Morgan fingerprint density at radius 3 is 2.56 bits per heavy atom. The van der Waals surface area contributed by atoms with Crippen molar-refractivity contribution >= 4 is 5.97 Å². The van der Waals surface area contributed by atoms with Gasteiger partial charge in [0.1, 0.15) is 0 Å². The molecule has 0 radical (unpaired) electrons. The fourth-order valence-electron chi connectivity index (χ4n) is 2.06. The first-order valence-electron chi connectivity index (χ1n) is 5.97. The number of rotatable bonds is 4. The van der Waals surface area contributed by atoms with Crippen LogP contribution in [0, 0.1) is 6.92 Å². The highest BCUT2D eigenvalue weighted by Gasteiger charge is 2.18. The van der Waals surface area contributed by atoms with E-state index >= 15 is 0 Å². The normalized spacial score (nSPS) is 10.6. The van der Waals surface area contributed by atoms with Crippen LogP contribution in [0.25, 0.3) is 0 Å². The molecule has 0 saturated carbocycles. The Balaban J connectivity index is 2.41. The molecule has 0 atom stereocenters.